The number of benzene rings is 2. The molecule has 0 bridgehead atoms. The number of hydrogen-bond acceptors (Lipinski definition) is 7. The van der Waals surface area contributed by atoms with Gasteiger partial charge in [0, 0.05) is 23.6 Å². The van der Waals surface area contributed by atoms with E-state index in [9.17, 15) is 25.0 Å². The molecule has 0 saturated heterocycles. The van der Waals surface area contributed by atoms with Crippen molar-refractivity contribution in [2.24, 2.45) is 0 Å². The van der Waals surface area contributed by atoms with Crippen LogP contribution >= 0.6 is 0 Å². The van der Waals surface area contributed by atoms with E-state index >= 15 is 0 Å². The Morgan fingerprint density at radius 2 is 1.88 bits per heavy atom. The number of rotatable bonds is 4. The molecule has 0 spiro atoms. The van der Waals surface area contributed by atoms with Gasteiger partial charge in [-0.3, -0.25) is 20.2 Å². The van der Waals surface area contributed by atoms with E-state index in [0.29, 0.717) is 16.6 Å². The van der Waals surface area contributed by atoms with Gasteiger partial charge in [0.15, 0.2) is 0 Å². The summed E-state index contributed by atoms with van der Waals surface area (Å²) in [7, 11) is 1.13. The number of carbonyl (C=O) groups is 1. The van der Waals surface area contributed by atoms with Gasteiger partial charge in [-0.1, -0.05) is 0 Å². The lowest BCUT2D eigenvalue weighted by molar-refractivity contribution is -0.385. The summed E-state index contributed by atoms with van der Waals surface area (Å²) < 4.78 is 6.01. The summed E-state index contributed by atoms with van der Waals surface area (Å²) in [5.74, 6) is -0.847. The van der Waals surface area contributed by atoms with Crippen molar-refractivity contribution in [3.05, 3.63) is 68.4 Å². The topological polar surface area (TPSA) is 130 Å². The van der Waals surface area contributed by atoms with Crippen molar-refractivity contribution in [3.8, 4) is 5.69 Å². The maximum Gasteiger partial charge on any atom is 0.344 e. The number of hydrogen-bond donors (Lipinski definition) is 0. The summed E-state index contributed by atoms with van der Waals surface area (Å²) in [5.41, 5.74) is 0.259. The second-order valence-electron chi connectivity index (χ2n) is 5.01. The molecule has 0 saturated carbocycles. The SMILES string of the molecule is COC(=O)c1cc(-n2ncc3cc([N+](=O)[O-])ccc32)ccc1[N+](=O)[O-]. The van der Waals surface area contributed by atoms with Gasteiger partial charge in [-0.25, -0.2) is 9.48 Å². The average Bonchev–Trinajstić information content (AvgIpc) is 3.03. The first-order chi connectivity index (χ1) is 11.9. The van der Waals surface area contributed by atoms with Crippen LogP contribution in [-0.2, 0) is 4.74 Å². The van der Waals surface area contributed by atoms with Gasteiger partial charge in [-0.15, -0.1) is 0 Å². The molecule has 126 valence electrons. The highest BCUT2D eigenvalue weighted by molar-refractivity contribution is 5.94. The van der Waals surface area contributed by atoms with Crippen molar-refractivity contribution in [1.82, 2.24) is 9.78 Å². The number of non-ortho nitro benzene ring substituents is 1. The fourth-order valence-electron chi connectivity index (χ4n) is 2.43. The fraction of sp³-hybridized carbons (Fsp3) is 0.0667. The molecule has 25 heavy (non-hydrogen) atoms. The van der Waals surface area contributed by atoms with Gasteiger partial charge in [-0.2, -0.15) is 5.10 Å². The molecule has 1 aromatic heterocycles. The normalized spacial score (nSPS) is 10.6. The molecule has 0 unspecified atom stereocenters. The van der Waals surface area contributed by atoms with Gasteiger partial charge < -0.3 is 4.74 Å². The molecular formula is C15H10N4O6. The molecule has 2 aromatic carbocycles. The first kappa shape index (κ1) is 16.1. The maximum atomic E-state index is 11.8. The van der Waals surface area contributed by atoms with Gasteiger partial charge in [-0.05, 0) is 18.2 Å². The molecule has 0 N–H and O–H groups in total. The van der Waals surface area contributed by atoms with E-state index in [4.69, 9.17) is 0 Å². The molecule has 0 aliphatic rings. The predicted octanol–water partition coefficient (Wildman–Crippen LogP) is 2.63. The zero-order chi connectivity index (χ0) is 18.1. The number of nitrogens with zero attached hydrogens (tertiary/aromatic N) is 4. The summed E-state index contributed by atoms with van der Waals surface area (Å²) in [5, 5.41) is 26.6. The summed E-state index contributed by atoms with van der Waals surface area (Å²) in [6.07, 6.45) is 1.43. The van der Waals surface area contributed by atoms with Crippen LogP contribution in [0.25, 0.3) is 16.6 Å². The third kappa shape index (κ3) is 2.76. The van der Waals surface area contributed by atoms with Crippen molar-refractivity contribution in [3.63, 3.8) is 0 Å². The zero-order valence-electron chi connectivity index (χ0n) is 12.8. The van der Waals surface area contributed by atoms with Gasteiger partial charge in [0.25, 0.3) is 11.4 Å². The minimum absolute atomic E-state index is 0.0778. The Balaban J connectivity index is 2.16. The molecule has 0 amide bonds. The molecule has 0 atom stereocenters. The summed E-state index contributed by atoms with van der Waals surface area (Å²) in [4.78, 5) is 32.5. The highest BCUT2D eigenvalue weighted by Crippen LogP contribution is 2.26. The molecule has 10 heteroatoms. The van der Waals surface area contributed by atoms with E-state index in [0.717, 1.165) is 7.11 Å². The average molecular weight is 342 g/mol. The molecule has 0 aliphatic heterocycles. The largest absolute Gasteiger partial charge is 0.465 e. The Morgan fingerprint density at radius 1 is 1.12 bits per heavy atom. The van der Waals surface area contributed by atoms with Gasteiger partial charge in [0.2, 0.25) is 0 Å². The van der Waals surface area contributed by atoms with E-state index in [1.165, 1.54) is 47.3 Å². The number of methoxy groups -OCH3 is 1. The molecule has 0 radical (unpaired) electrons. The molecule has 0 fully saturated rings. The Hall–Kier alpha value is -3.82. The number of carbonyl (C=O) groups excluding carboxylic acids is 1. The van der Waals surface area contributed by atoms with Crippen LogP contribution in [0.15, 0.2) is 42.6 Å². The van der Waals surface area contributed by atoms with Gasteiger partial charge >= 0.3 is 5.97 Å². The third-order valence-corrected chi connectivity index (χ3v) is 3.59. The second kappa shape index (κ2) is 6.00. The lowest BCUT2D eigenvalue weighted by atomic mass is 10.1. The van der Waals surface area contributed by atoms with E-state index in [-0.39, 0.29) is 16.9 Å². The summed E-state index contributed by atoms with van der Waals surface area (Å²) in [6, 6.07) is 8.11. The van der Waals surface area contributed by atoms with Crippen molar-refractivity contribution in [2.75, 3.05) is 7.11 Å². The van der Waals surface area contributed by atoms with Crippen molar-refractivity contribution in [1.29, 1.82) is 0 Å². The Kier molecular flexibility index (Phi) is 3.85. The van der Waals surface area contributed by atoms with Crippen molar-refractivity contribution in [2.45, 2.75) is 0 Å². The lowest BCUT2D eigenvalue weighted by Crippen LogP contribution is -2.07. The third-order valence-electron chi connectivity index (χ3n) is 3.59. The van der Waals surface area contributed by atoms with Crippen LogP contribution in [0, 0.1) is 20.2 Å². The van der Waals surface area contributed by atoms with Crippen LogP contribution in [-0.4, -0.2) is 32.7 Å². The zero-order valence-corrected chi connectivity index (χ0v) is 12.8. The number of esters is 1. The minimum Gasteiger partial charge on any atom is -0.465 e. The van der Waals surface area contributed by atoms with Gasteiger partial charge in [0.1, 0.15) is 5.56 Å². The monoisotopic (exact) mass is 342 g/mol. The second-order valence-corrected chi connectivity index (χ2v) is 5.01. The van der Waals surface area contributed by atoms with E-state index in [1.807, 2.05) is 0 Å². The fourth-order valence-corrected chi connectivity index (χ4v) is 2.43. The highest BCUT2D eigenvalue weighted by atomic mass is 16.6. The first-order valence-electron chi connectivity index (χ1n) is 6.91. The van der Waals surface area contributed by atoms with Crippen molar-refractivity contribution >= 4 is 28.2 Å². The molecule has 10 nitrogen and oxygen atoms in total. The quantitative estimate of drug-likeness (QED) is 0.404. The Labute approximate surface area is 139 Å². The molecule has 3 rings (SSSR count). The van der Waals surface area contributed by atoms with Crippen LogP contribution in [0.4, 0.5) is 11.4 Å². The predicted molar refractivity (Wildman–Crippen MR) is 85.7 cm³/mol. The Bertz CT molecular complexity index is 1030. The van der Waals surface area contributed by atoms with Crippen LogP contribution in [0.1, 0.15) is 10.4 Å². The van der Waals surface area contributed by atoms with Gasteiger partial charge in [0.05, 0.1) is 34.4 Å². The Morgan fingerprint density at radius 3 is 2.52 bits per heavy atom. The van der Waals surface area contributed by atoms with Crippen LogP contribution in [0.3, 0.4) is 0 Å². The standard InChI is InChI=1S/C15H10N4O6/c1-25-15(20)12-7-10(2-5-14(12)19(23)24)17-13-4-3-11(18(21)22)6-9(13)8-16-17/h2-8H,1H3. The number of fused-ring (bicyclic) bond motifs is 1. The number of nitro benzene ring substituents is 2. The smallest absolute Gasteiger partial charge is 0.344 e. The highest BCUT2D eigenvalue weighted by Gasteiger charge is 2.22. The lowest BCUT2D eigenvalue weighted by Gasteiger charge is -2.06. The molecule has 3 aromatic rings. The van der Waals surface area contributed by atoms with Crippen LogP contribution in [0.2, 0.25) is 0 Å². The minimum atomic E-state index is -0.847. The van der Waals surface area contributed by atoms with Crippen molar-refractivity contribution < 1.29 is 19.4 Å². The number of ether oxygens (including phenoxy) is 1. The number of aromatic nitrogens is 2. The van der Waals surface area contributed by atoms with Crippen LogP contribution in [0.5, 0.6) is 0 Å². The summed E-state index contributed by atoms with van der Waals surface area (Å²) >= 11 is 0. The van der Waals surface area contributed by atoms with E-state index in [2.05, 4.69) is 9.84 Å². The maximum absolute atomic E-state index is 11.8. The number of nitro groups is 2. The summed E-state index contributed by atoms with van der Waals surface area (Å²) in [6.45, 7) is 0. The van der Waals surface area contributed by atoms with E-state index < -0.39 is 15.8 Å². The molecule has 0 aliphatic carbocycles. The van der Waals surface area contributed by atoms with E-state index in [1.54, 1.807) is 0 Å². The molecule has 1 heterocycles. The molecular weight excluding hydrogens is 332 g/mol. The first-order valence-corrected chi connectivity index (χ1v) is 6.91. The van der Waals surface area contributed by atoms with Crippen LogP contribution < -0.4 is 0 Å².